The molecular weight excluding hydrogens is 326 g/mol. The van der Waals surface area contributed by atoms with E-state index in [4.69, 9.17) is 0 Å². The Morgan fingerprint density at radius 1 is 1.00 bits per heavy atom. The van der Waals surface area contributed by atoms with Gasteiger partial charge in [0.25, 0.3) is 0 Å². The Morgan fingerprint density at radius 2 is 1.77 bits per heavy atom. The number of benzene rings is 1. The maximum atomic E-state index is 12.9. The molecule has 0 bridgehead atoms. The van der Waals surface area contributed by atoms with Gasteiger partial charge in [0.15, 0.2) is 0 Å². The molecule has 2 unspecified atom stereocenters. The number of carbonyl (C=O) groups is 1. The van der Waals surface area contributed by atoms with Gasteiger partial charge in [-0.2, -0.15) is 0 Å². The molecule has 2 amide bonds. The predicted molar refractivity (Wildman–Crippen MR) is 101 cm³/mol. The summed E-state index contributed by atoms with van der Waals surface area (Å²) in [5, 5.41) is 3.25. The number of anilines is 1. The van der Waals surface area contributed by atoms with Crippen molar-refractivity contribution < 1.29 is 4.79 Å². The monoisotopic (exact) mass is 351 g/mol. The maximum absolute atomic E-state index is 12.9. The van der Waals surface area contributed by atoms with Crippen LogP contribution in [0.4, 0.5) is 10.7 Å². The van der Waals surface area contributed by atoms with E-state index in [-0.39, 0.29) is 18.1 Å². The van der Waals surface area contributed by atoms with Crippen molar-refractivity contribution in [2.45, 2.75) is 37.8 Å². The van der Waals surface area contributed by atoms with E-state index in [2.05, 4.69) is 32.3 Å². The van der Waals surface area contributed by atoms with Gasteiger partial charge in [-0.3, -0.25) is 0 Å². The van der Waals surface area contributed by atoms with Crippen LogP contribution in [0.2, 0.25) is 0 Å². The van der Waals surface area contributed by atoms with Crippen LogP contribution >= 0.6 is 0 Å². The average molecular weight is 351 g/mol. The minimum absolute atomic E-state index is 0.0529. The van der Waals surface area contributed by atoms with Gasteiger partial charge in [-0.05, 0) is 37.3 Å². The number of hydrogen-bond acceptors (Lipinski definition) is 4. The fourth-order valence-electron chi connectivity index (χ4n) is 4.02. The van der Waals surface area contributed by atoms with Gasteiger partial charge in [0.2, 0.25) is 5.95 Å². The highest BCUT2D eigenvalue weighted by atomic mass is 16.2. The standard InChI is InChI=1S/C20H25N5O/c26-20(25-14-5-10-18(25)16-7-2-1-3-8-16)23-17-9-4-13-24(15-17)19-21-11-6-12-22-19/h1-3,6-8,11-12,17-18H,4-5,9-10,13-15H2,(H,23,26). The van der Waals surface area contributed by atoms with Crippen LogP contribution in [0, 0.1) is 0 Å². The Morgan fingerprint density at radius 3 is 2.58 bits per heavy atom. The van der Waals surface area contributed by atoms with Crippen molar-refractivity contribution in [3.05, 3.63) is 54.4 Å². The normalized spacial score (nSPS) is 23.1. The lowest BCUT2D eigenvalue weighted by Crippen LogP contribution is -2.51. The largest absolute Gasteiger partial charge is 0.339 e. The van der Waals surface area contributed by atoms with Crippen LogP contribution < -0.4 is 10.2 Å². The van der Waals surface area contributed by atoms with Crippen LogP contribution in [0.5, 0.6) is 0 Å². The Kier molecular flexibility index (Phi) is 5.00. The van der Waals surface area contributed by atoms with Crippen LogP contribution in [-0.2, 0) is 0 Å². The summed E-state index contributed by atoms with van der Waals surface area (Å²) in [4.78, 5) is 25.7. The molecule has 1 N–H and O–H groups in total. The Hall–Kier alpha value is -2.63. The smallest absolute Gasteiger partial charge is 0.318 e. The van der Waals surface area contributed by atoms with Crippen LogP contribution in [-0.4, -0.2) is 46.6 Å². The number of hydrogen-bond donors (Lipinski definition) is 1. The molecule has 2 fully saturated rings. The number of nitrogens with zero attached hydrogens (tertiary/aromatic N) is 4. The first-order chi connectivity index (χ1) is 12.8. The molecule has 2 aromatic rings. The number of aromatic nitrogens is 2. The lowest BCUT2D eigenvalue weighted by atomic mass is 10.0. The molecule has 0 radical (unpaired) electrons. The third-order valence-corrected chi connectivity index (χ3v) is 5.28. The third-order valence-electron chi connectivity index (χ3n) is 5.28. The van der Waals surface area contributed by atoms with E-state index in [0.29, 0.717) is 0 Å². The van der Waals surface area contributed by atoms with E-state index >= 15 is 0 Å². The van der Waals surface area contributed by atoms with Crippen molar-refractivity contribution in [1.82, 2.24) is 20.2 Å². The average Bonchev–Trinajstić information content (AvgIpc) is 3.20. The van der Waals surface area contributed by atoms with Crippen LogP contribution in [0.3, 0.4) is 0 Å². The molecule has 2 saturated heterocycles. The van der Waals surface area contributed by atoms with Gasteiger partial charge in [-0.25, -0.2) is 14.8 Å². The van der Waals surface area contributed by atoms with Crippen LogP contribution in [0.25, 0.3) is 0 Å². The molecule has 6 nitrogen and oxygen atoms in total. The van der Waals surface area contributed by atoms with E-state index in [9.17, 15) is 4.79 Å². The molecule has 0 aliphatic carbocycles. The number of carbonyl (C=O) groups excluding carboxylic acids is 1. The van der Waals surface area contributed by atoms with Crippen molar-refractivity contribution in [2.75, 3.05) is 24.5 Å². The van der Waals surface area contributed by atoms with Gasteiger partial charge in [0, 0.05) is 38.1 Å². The fourth-order valence-corrected chi connectivity index (χ4v) is 4.02. The molecule has 2 aliphatic rings. The van der Waals surface area contributed by atoms with Crippen molar-refractivity contribution >= 4 is 12.0 Å². The molecule has 136 valence electrons. The van der Waals surface area contributed by atoms with E-state index in [1.54, 1.807) is 12.4 Å². The summed E-state index contributed by atoms with van der Waals surface area (Å²) in [7, 11) is 0. The summed E-state index contributed by atoms with van der Waals surface area (Å²) < 4.78 is 0. The number of nitrogens with one attached hydrogen (secondary N) is 1. The zero-order valence-corrected chi connectivity index (χ0v) is 14.9. The van der Waals surface area contributed by atoms with Gasteiger partial charge < -0.3 is 15.1 Å². The van der Waals surface area contributed by atoms with Gasteiger partial charge in [-0.15, -0.1) is 0 Å². The number of likely N-dealkylation sites (tertiary alicyclic amines) is 1. The van der Waals surface area contributed by atoms with Gasteiger partial charge >= 0.3 is 6.03 Å². The summed E-state index contributed by atoms with van der Waals surface area (Å²) in [5.41, 5.74) is 1.23. The molecule has 2 aliphatic heterocycles. The molecular formula is C20H25N5O. The van der Waals surface area contributed by atoms with Gasteiger partial charge in [0.05, 0.1) is 6.04 Å². The number of amides is 2. The zero-order valence-electron chi connectivity index (χ0n) is 14.9. The molecule has 6 heteroatoms. The van der Waals surface area contributed by atoms with Crippen LogP contribution in [0.15, 0.2) is 48.8 Å². The van der Waals surface area contributed by atoms with Gasteiger partial charge in [-0.1, -0.05) is 30.3 Å². The van der Waals surface area contributed by atoms with Crippen LogP contribution in [0.1, 0.15) is 37.3 Å². The van der Waals surface area contributed by atoms with Crippen molar-refractivity contribution in [3.63, 3.8) is 0 Å². The molecule has 0 saturated carbocycles. The lowest BCUT2D eigenvalue weighted by Gasteiger charge is -2.35. The first kappa shape index (κ1) is 16.8. The number of piperidine rings is 1. The van der Waals surface area contributed by atoms with E-state index < -0.39 is 0 Å². The zero-order chi connectivity index (χ0) is 17.8. The first-order valence-corrected chi connectivity index (χ1v) is 9.45. The fraction of sp³-hybridized carbons (Fsp3) is 0.450. The van der Waals surface area contributed by atoms with Gasteiger partial charge in [0.1, 0.15) is 0 Å². The maximum Gasteiger partial charge on any atom is 0.318 e. The van der Waals surface area contributed by atoms with E-state index in [0.717, 1.165) is 51.3 Å². The first-order valence-electron chi connectivity index (χ1n) is 9.45. The highest BCUT2D eigenvalue weighted by Gasteiger charge is 2.32. The molecule has 1 aromatic carbocycles. The second-order valence-corrected chi connectivity index (χ2v) is 7.05. The summed E-state index contributed by atoms with van der Waals surface area (Å²) in [6.07, 6.45) is 7.65. The predicted octanol–water partition coefficient (Wildman–Crippen LogP) is 2.99. The second kappa shape index (κ2) is 7.72. The Bertz CT molecular complexity index is 723. The molecule has 0 spiro atoms. The molecule has 3 heterocycles. The lowest BCUT2D eigenvalue weighted by molar-refractivity contribution is 0.187. The quantitative estimate of drug-likeness (QED) is 0.923. The summed E-state index contributed by atoms with van der Waals surface area (Å²) in [6.45, 7) is 2.52. The number of urea groups is 1. The minimum atomic E-state index is 0.0529. The third kappa shape index (κ3) is 3.64. The summed E-state index contributed by atoms with van der Waals surface area (Å²) in [6, 6.07) is 12.5. The Labute approximate surface area is 154 Å². The van der Waals surface area contributed by atoms with Crippen molar-refractivity contribution in [3.8, 4) is 0 Å². The van der Waals surface area contributed by atoms with E-state index in [1.807, 2.05) is 29.2 Å². The van der Waals surface area contributed by atoms with Crippen molar-refractivity contribution in [2.24, 2.45) is 0 Å². The topological polar surface area (TPSA) is 61.4 Å². The van der Waals surface area contributed by atoms with E-state index in [1.165, 1.54) is 5.56 Å². The molecule has 1 aromatic heterocycles. The molecule has 4 rings (SSSR count). The SMILES string of the molecule is O=C(NC1CCCN(c2ncccn2)C1)N1CCCC1c1ccccc1. The molecule has 2 atom stereocenters. The molecule has 26 heavy (non-hydrogen) atoms. The Balaban J connectivity index is 1.39. The summed E-state index contributed by atoms with van der Waals surface area (Å²) in [5.74, 6) is 0.745. The number of rotatable bonds is 3. The highest BCUT2D eigenvalue weighted by Crippen LogP contribution is 2.31. The van der Waals surface area contributed by atoms with Crippen molar-refractivity contribution in [1.29, 1.82) is 0 Å². The second-order valence-electron chi connectivity index (χ2n) is 7.05. The minimum Gasteiger partial charge on any atom is -0.339 e. The summed E-state index contributed by atoms with van der Waals surface area (Å²) >= 11 is 0. The highest BCUT2D eigenvalue weighted by molar-refractivity contribution is 5.75.